The Morgan fingerprint density at radius 2 is 1.75 bits per heavy atom. The molecule has 94 valence electrons. The van der Waals surface area contributed by atoms with Gasteiger partial charge >= 0.3 is 0 Å². The molecule has 3 nitrogen and oxygen atoms in total. The second-order valence-electron chi connectivity index (χ2n) is 5.84. The summed E-state index contributed by atoms with van der Waals surface area (Å²) in [5.74, 6) is 0. The van der Waals surface area contributed by atoms with Gasteiger partial charge in [-0.25, -0.2) is 0 Å². The molecule has 0 amide bonds. The third-order valence-corrected chi connectivity index (χ3v) is 4.47. The van der Waals surface area contributed by atoms with Crippen LogP contribution in [-0.4, -0.2) is 56.1 Å². The number of rotatable bonds is 3. The first kappa shape index (κ1) is 12.3. The fourth-order valence-electron chi connectivity index (χ4n) is 3.28. The highest BCUT2D eigenvalue weighted by Gasteiger charge is 2.34. The van der Waals surface area contributed by atoms with Crippen LogP contribution in [0.3, 0.4) is 0 Å². The quantitative estimate of drug-likeness (QED) is 0.782. The Morgan fingerprint density at radius 1 is 1.00 bits per heavy atom. The van der Waals surface area contributed by atoms with E-state index in [4.69, 9.17) is 5.73 Å². The highest BCUT2D eigenvalue weighted by Crippen LogP contribution is 2.37. The summed E-state index contributed by atoms with van der Waals surface area (Å²) in [5, 5.41) is 0. The maximum Gasteiger partial charge on any atom is 0.0109 e. The number of likely N-dealkylation sites (N-methyl/N-ethyl adjacent to an activating group) is 1. The van der Waals surface area contributed by atoms with Crippen molar-refractivity contribution >= 4 is 0 Å². The van der Waals surface area contributed by atoms with Crippen molar-refractivity contribution in [3.8, 4) is 0 Å². The zero-order valence-electron chi connectivity index (χ0n) is 10.7. The minimum atomic E-state index is 0.461. The van der Waals surface area contributed by atoms with Crippen LogP contribution in [0.5, 0.6) is 0 Å². The van der Waals surface area contributed by atoms with Crippen molar-refractivity contribution in [2.24, 2.45) is 11.1 Å². The first-order valence-electron chi connectivity index (χ1n) is 6.85. The lowest BCUT2D eigenvalue weighted by Crippen LogP contribution is -2.42. The van der Waals surface area contributed by atoms with Gasteiger partial charge in [-0.1, -0.05) is 12.8 Å². The molecule has 0 aromatic heterocycles. The molecule has 0 aromatic rings. The summed E-state index contributed by atoms with van der Waals surface area (Å²) in [5.41, 5.74) is 6.48. The maximum atomic E-state index is 6.02. The lowest BCUT2D eigenvalue weighted by Gasteiger charge is -2.34. The van der Waals surface area contributed by atoms with E-state index in [9.17, 15) is 0 Å². The Bertz CT molecular complexity index is 211. The molecule has 0 spiro atoms. The minimum absolute atomic E-state index is 0.461. The van der Waals surface area contributed by atoms with Crippen LogP contribution >= 0.6 is 0 Å². The highest BCUT2D eigenvalue weighted by molar-refractivity contribution is 4.89. The van der Waals surface area contributed by atoms with Crippen molar-refractivity contribution in [2.45, 2.75) is 32.1 Å². The van der Waals surface area contributed by atoms with E-state index in [0.29, 0.717) is 5.41 Å². The normalized spacial score (nSPS) is 28.1. The van der Waals surface area contributed by atoms with Crippen LogP contribution in [0.15, 0.2) is 0 Å². The molecule has 1 saturated heterocycles. The number of hydrogen-bond donors (Lipinski definition) is 1. The smallest absolute Gasteiger partial charge is 0.0109 e. The second kappa shape index (κ2) is 5.48. The van der Waals surface area contributed by atoms with Gasteiger partial charge in [0.05, 0.1) is 0 Å². The van der Waals surface area contributed by atoms with Crippen molar-refractivity contribution in [3.63, 3.8) is 0 Å². The summed E-state index contributed by atoms with van der Waals surface area (Å²) in [4.78, 5) is 5.10. The van der Waals surface area contributed by atoms with Crippen molar-refractivity contribution in [1.29, 1.82) is 0 Å². The molecule has 0 bridgehead atoms. The zero-order valence-corrected chi connectivity index (χ0v) is 10.7. The van der Waals surface area contributed by atoms with Crippen LogP contribution in [0, 0.1) is 5.41 Å². The van der Waals surface area contributed by atoms with Gasteiger partial charge in [0, 0.05) is 19.6 Å². The lowest BCUT2D eigenvalue weighted by atomic mass is 9.85. The van der Waals surface area contributed by atoms with Gasteiger partial charge in [0.25, 0.3) is 0 Å². The summed E-state index contributed by atoms with van der Waals surface area (Å²) in [6.45, 7) is 7.12. The van der Waals surface area contributed by atoms with E-state index in [1.807, 2.05) is 0 Å². The van der Waals surface area contributed by atoms with Gasteiger partial charge in [0.15, 0.2) is 0 Å². The highest BCUT2D eigenvalue weighted by atomic mass is 15.2. The molecule has 3 heteroatoms. The average molecular weight is 225 g/mol. The molecule has 1 heterocycles. The van der Waals surface area contributed by atoms with Crippen LogP contribution in [-0.2, 0) is 0 Å². The Kier molecular flexibility index (Phi) is 4.22. The topological polar surface area (TPSA) is 32.5 Å². The second-order valence-corrected chi connectivity index (χ2v) is 5.84. The predicted octanol–water partition coefficient (Wildman–Crippen LogP) is 1.14. The van der Waals surface area contributed by atoms with E-state index in [0.717, 1.165) is 6.54 Å². The first-order chi connectivity index (χ1) is 7.74. The van der Waals surface area contributed by atoms with E-state index in [-0.39, 0.29) is 0 Å². The minimum Gasteiger partial charge on any atom is -0.330 e. The molecule has 0 unspecified atom stereocenters. The third kappa shape index (κ3) is 2.96. The fourth-order valence-corrected chi connectivity index (χ4v) is 3.28. The molecular weight excluding hydrogens is 198 g/mol. The van der Waals surface area contributed by atoms with E-state index < -0.39 is 0 Å². The Balaban J connectivity index is 1.87. The third-order valence-electron chi connectivity index (χ3n) is 4.47. The number of nitrogens with zero attached hydrogens (tertiary/aromatic N) is 2. The molecule has 1 aliphatic carbocycles. The van der Waals surface area contributed by atoms with Crippen LogP contribution < -0.4 is 5.73 Å². The summed E-state index contributed by atoms with van der Waals surface area (Å²) in [6, 6.07) is 0. The fraction of sp³-hybridized carbons (Fsp3) is 1.00. The van der Waals surface area contributed by atoms with Crippen molar-refractivity contribution in [2.75, 3.05) is 46.3 Å². The summed E-state index contributed by atoms with van der Waals surface area (Å²) in [7, 11) is 2.23. The number of nitrogens with two attached hydrogens (primary N) is 1. The van der Waals surface area contributed by atoms with E-state index in [2.05, 4.69) is 16.8 Å². The molecule has 2 rings (SSSR count). The van der Waals surface area contributed by atoms with Crippen LogP contribution in [0.4, 0.5) is 0 Å². The molecule has 0 atom stereocenters. The Labute approximate surface area is 100.0 Å². The Hall–Kier alpha value is -0.120. The molecule has 2 N–H and O–H groups in total. The van der Waals surface area contributed by atoms with Crippen LogP contribution in [0.1, 0.15) is 32.1 Å². The molecule has 0 aromatic carbocycles. The maximum absolute atomic E-state index is 6.02. The SMILES string of the molecule is CN1CCCN(CC2(CN)CCCC2)CC1. The van der Waals surface area contributed by atoms with Gasteiger partial charge in [-0.2, -0.15) is 0 Å². The van der Waals surface area contributed by atoms with Crippen LogP contribution in [0.2, 0.25) is 0 Å². The molecule has 1 aliphatic heterocycles. The first-order valence-corrected chi connectivity index (χ1v) is 6.85. The standard InChI is InChI=1S/C13H27N3/c1-15-7-4-8-16(10-9-15)12-13(11-14)5-2-3-6-13/h2-12,14H2,1H3. The van der Waals surface area contributed by atoms with Crippen molar-refractivity contribution < 1.29 is 0 Å². The summed E-state index contributed by atoms with van der Waals surface area (Å²) >= 11 is 0. The predicted molar refractivity (Wildman–Crippen MR) is 68.5 cm³/mol. The van der Waals surface area contributed by atoms with Crippen molar-refractivity contribution in [1.82, 2.24) is 9.80 Å². The van der Waals surface area contributed by atoms with Gasteiger partial charge in [-0.3, -0.25) is 0 Å². The van der Waals surface area contributed by atoms with E-state index in [1.165, 1.54) is 64.8 Å². The van der Waals surface area contributed by atoms with E-state index >= 15 is 0 Å². The summed E-state index contributed by atoms with van der Waals surface area (Å²) in [6.07, 6.45) is 6.82. The molecule has 2 fully saturated rings. The van der Waals surface area contributed by atoms with Gasteiger partial charge in [0.1, 0.15) is 0 Å². The molecular formula is C13H27N3. The van der Waals surface area contributed by atoms with Gasteiger partial charge in [0.2, 0.25) is 0 Å². The summed E-state index contributed by atoms with van der Waals surface area (Å²) < 4.78 is 0. The van der Waals surface area contributed by atoms with Gasteiger partial charge < -0.3 is 15.5 Å². The van der Waals surface area contributed by atoms with E-state index in [1.54, 1.807) is 0 Å². The monoisotopic (exact) mass is 225 g/mol. The molecule has 0 radical (unpaired) electrons. The lowest BCUT2D eigenvalue weighted by molar-refractivity contribution is 0.162. The van der Waals surface area contributed by atoms with Crippen molar-refractivity contribution in [3.05, 3.63) is 0 Å². The molecule has 16 heavy (non-hydrogen) atoms. The Morgan fingerprint density at radius 3 is 2.44 bits per heavy atom. The molecule has 1 saturated carbocycles. The molecule has 2 aliphatic rings. The van der Waals surface area contributed by atoms with Crippen LogP contribution in [0.25, 0.3) is 0 Å². The largest absolute Gasteiger partial charge is 0.330 e. The number of hydrogen-bond acceptors (Lipinski definition) is 3. The van der Waals surface area contributed by atoms with Gasteiger partial charge in [-0.05, 0) is 51.4 Å². The van der Waals surface area contributed by atoms with Gasteiger partial charge in [-0.15, -0.1) is 0 Å². The zero-order chi connectivity index (χ0) is 11.4. The average Bonchev–Trinajstić information content (AvgIpc) is 2.66.